The van der Waals surface area contributed by atoms with Crippen LogP contribution in [0.1, 0.15) is 29.5 Å². The number of benzene rings is 1. The van der Waals surface area contributed by atoms with E-state index in [0.717, 1.165) is 19.2 Å². The Hall–Kier alpha value is -4.63. The minimum atomic E-state index is -1.73. The van der Waals surface area contributed by atoms with Gasteiger partial charge in [-0.25, -0.2) is 14.4 Å². The van der Waals surface area contributed by atoms with Gasteiger partial charge in [-0.1, -0.05) is 11.6 Å². The number of fused-ring (bicyclic) bond motifs is 2. The number of hydrogen-bond acceptors (Lipinski definition) is 8. The minimum Gasteiger partial charge on any atom is -0.504 e. The molecule has 45 heavy (non-hydrogen) atoms. The standard InChI is InChI=1S/C29H28ClF3N8O4/c1-13-10-38(2)6-7-40(13)19-9-17(22(30)26(33)36-19)35-20(42)12-39-11-16(14-8-15(27(34)44)25(43)24(32)23(14)31)21-28(39)37-18-4-3-5-41(18)29(21)45/h8-9,11,13,43H,3-7,10,12H2,1-2H3,(H2,34,44)(H,35,36,42)/t13-/m1/s1. The van der Waals surface area contributed by atoms with E-state index in [4.69, 9.17) is 17.3 Å². The minimum absolute atomic E-state index is 0.00534. The number of aromatic hydroxyl groups is 1. The lowest BCUT2D eigenvalue weighted by atomic mass is 10.0. The Bertz CT molecular complexity index is 1960. The number of anilines is 2. The number of carbonyl (C=O) groups excluding carboxylic acids is 2. The molecular formula is C29H28ClF3N8O4. The largest absolute Gasteiger partial charge is 0.504 e. The lowest BCUT2D eigenvalue weighted by molar-refractivity contribution is -0.116. The summed E-state index contributed by atoms with van der Waals surface area (Å²) in [7, 11) is 1.98. The van der Waals surface area contributed by atoms with Crippen LogP contribution >= 0.6 is 11.6 Å². The first kappa shape index (κ1) is 30.4. The van der Waals surface area contributed by atoms with Crippen LogP contribution < -0.4 is 21.5 Å². The summed E-state index contributed by atoms with van der Waals surface area (Å²) in [5.41, 5.74) is 3.28. The van der Waals surface area contributed by atoms with E-state index in [1.54, 1.807) is 0 Å². The molecule has 4 N–H and O–H groups in total. The number of pyridine rings is 1. The summed E-state index contributed by atoms with van der Waals surface area (Å²) in [5, 5.41) is 12.0. The first-order valence-corrected chi connectivity index (χ1v) is 14.5. The number of amides is 2. The number of nitrogens with one attached hydrogen (secondary N) is 1. The molecule has 0 aliphatic carbocycles. The van der Waals surface area contributed by atoms with Crippen molar-refractivity contribution in [3.63, 3.8) is 0 Å². The van der Waals surface area contributed by atoms with Crippen LogP contribution in [0.25, 0.3) is 22.2 Å². The van der Waals surface area contributed by atoms with Crippen molar-refractivity contribution >= 4 is 46.0 Å². The van der Waals surface area contributed by atoms with Crippen molar-refractivity contribution in [3.05, 3.63) is 62.7 Å². The summed E-state index contributed by atoms with van der Waals surface area (Å²) in [6.45, 7) is 3.86. The molecule has 6 rings (SSSR count). The molecule has 1 atom stereocenters. The maximum Gasteiger partial charge on any atom is 0.263 e. The number of likely N-dealkylation sites (N-methyl/N-ethyl adjacent to an activating group) is 1. The maximum absolute atomic E-state index is 15.2. The monoisotopic (exact) mass is 644 g/mol. The number of hydrogen-bond donors (Lipinski definition) is 3. The molecule has 4 aromatic rings. The van der Waals surface area contributed by atoms with Gasteiger partial charge in [0.25, 0.3) is 11.5 Å². The third kappa shape index (κ3) is 5.25. The van der Waals surface area contributed by atoms with Crippen LogP contribution in [0.4, 0.5) is 24.7 Å². The first-order chi connectivity index (χ1) is 21.3. The average Bonchev–Trinajstić information content (AvgIpc) is 3.60. The number of phenols is 1. The normalized spacial score (nSPS) is 16.8. The average molecular weight is 645 g/mol. The smallest absolute Gasteiger partial charge is 0.263 e. The van der Waals surface area contributed by atoms with Crippen LogP contribution in [0.15, 0.2) is 23.1 Å². The van der Waals surface area contributed by atoms with Crippen molar-refractivity contribution in [2.75, 3.05) is 36.9 Å². The summed E-state index contributed by atoms with van der Waals surface area (Å²) < 4.78 is 47.4. The summed E-state index contributed by atoms with van der Waals surface area (Å²) in [4.78, 5) is 51.4. The van der Waals surface area contributed by atoms with E-state index in [9.17, 15) is 28.3 Å². The number of nitrogens with two attached hydrogens (primary N) is 1. The van der Waals surface area contributed by atoms with Gasteiger partial charge in [-0.05, 0) is 26.5 Å². The van der Waals surface area contributed by atoms with Crippen molar-refractivity contribution < 1.29 is 27.9 Å². The van der Waals surface area contributed by atoms with E-state index in [1.165, 1.54) is 21.4 Å². The summed E-state index contributed by atoms with van der Waals surface area (Å²) >= 11 is 6.18. The zero-order valence-corrected chi connectivity index (χ0v) is 25.0. The van der Waals surface area contributed by atoms with Gasteiger partial charge in [0, 0.05) is 62.0 Å². The number of halogens is 4. The van der Waals surface area contributed by atoms with Crippen LogP contribution in [-0.4, -0.2) is 73.6 Å². The Labute approximate surface area is 258 Å². The van der Waals surface area contributed by atoms with E-state index in [0.29, 0.717) is 37.6 Å². The number of piperazine rings is 1. The number of aromatic nitrogens is 4. The lowest BCUT2D eigenvalue weighted by Crippen LogP contribution is -2.50. The van der Waals surface area contributed by atoms with E-state index in [-0.39, 0.29) is 28.3 Å². The highest BCUT2D eigenvalue weighted by Gasteiger charge is 2.29. The third-order valence-electron chi connectivity index (χ3n) is 8.19. The molecule has 0 spiro atoms. The molecule has 3 aromatic heterocycles. The summed E-state index contributed by atoms with van der Waals surface area (Å²) in [5.74, 6) is -6.68. The van der Waals surface area contributed by atoms with Gasteiger partial charge in [0.2, 0.25) is 17.7 Å². The van der Waals surface area contributed by atoms with Gasteiger partial charge in [0.1, 0.15) is 28.9 Å². The number of aryl methyl sites for hydroxylation is 1. The van der Waals surface area contributed by atoms with Crippen LogP contribution in [-0.2, 0) is 24.3 Å². The fraction of sp³-hybridized carbons (Fsp3) is 0.345. The zero-order chi connectivity index (χ0) is 32.3. The van der Waals surface area contributed by atoms with Crippen LogP contribution in [0, 0.1) is 17.6 Å². The van der Waals surface area contributed by atoms with Gasteiger partial charge < -0.3 is 30.5 Å². The van der Waals surface area contributed by atoms with Crippen LogP contribution in [0.2, 0.25) is 5.02 Å². The Balaban J connectivity index is 1.41. The van der Waals surface area contributed by atoms with Gasteiger partial charge in [0.05, 0.1) is 16.6 Å². The number of carbonyl (C=O) groups is 2. The molecule has 5 heterocycles. The second kappa shape index (κ2) is 11.4. The highest BCUT2D eigenvalue weighted by Crippen LogP contribution is 2.36. The topological polar surface area (TPSA) is 152 Å². The van der Waals surface area contributed by atoms with Gasteiger partial charge in [-0.15, -0.1) is 0 Å². The Morgan fingerprint density at radius 2 is 1.89 bits per heavy atom. The van der Waals surface area contributed by atoms with E-state index >= 15 is 4.39 Å². The highest BCUT2D eigenvalue weighted by atomic mass is 35.5. The molecule has 1 saturated heterocycles. The molecular weight excluding hydrogens is 617 g/mol. The number of rotatable bonds is 6. The van der Waals surface area contributed by atoms with E-state index in [2.05, 4.69) is 20.2 Å². The van der Waals surface area contributed by atoms with Gasteiger partial charge in [-0.2, -0.15) is 8.78 Å². The van der Waals surface area contributed by atoms with Crippen molar-refractivity contribution in [1.29, 1.82) is 0 Å². The highest BCUT2D eigenvalue weighted by molar-refractivity contribution is 6.33. The molecule has 1 aromatic carbocycles. The van der Waals surface area contributed by atoms with Crippen LogP contribution in [0.5, 0.6) is 5.75 Å². The second-order valence-corrected chi connectivity index (χ2v) is 11.6. The summed E-state index contributed by atoms with van der Waals surface area (Å²) in [6, 6.07) is 2.33. The van der Waals surface area contributed by atoms with Gasteiger partial charge in [-0.3, -0.25) is 19.0 Å². The molecule has 12 nitrogen and oxygen atoms in total. The Kier molecular flexibility index (Phi) is 7.69. The molecule has 236 valence electrons. The SMILES string of the molecule is C[C@@H]1CN(C)CCN1c1cc(NC(=O)Cn2cc(-c3cc(C(N)=O)c(O)c(F)c3F)c3c(=O)n4c(nc32)CCC4)c(Cl)c(F)n1. The predicted molar refractivity (Wildman–Crippen MR) is 160 cm³/mol. The Morgan fingerprint density at radius 3 is 2.60 bits per heavy atom. The molecule has 0 radical (unpaired) electrons. The fourth-order valence-corrected chi connectivity index (χ4v) is 6.15. The summed E-state index contributed by atoms with van der Waals surface area (Å²) in [6.07, 6.45) is 2.32. The maximum atomic E-state index is 15.2. The van der Waals surface area contributed by atoms with Crippen molar-refractivity contribution in [3.8, 4) is 16.9 Å². The first-order valence-electron chi connectivity index (χ1n) is 14.1. The predicted octanol–water partition coefficient (Wildman–Crippen LogP) is 2.86. The van der Waals surface area contributed by atoms with Crippen molar-refractivity contribution in [2.45, 2.75) is 38.9 Å². The molecule has 2 amide bonds. The van der Waals surface area contributed by atoms with Gasteiger partial charge in [0.15, 0.2) is 11.6 Å². The third-order valence-corrected chi connectivity index (χ3v) is 8.55. The second-order valence-electron chi connectivity index (χ2n) is 11.3. The quantitative estimate of drug-likeness (QED) is 0.271. The van der Waals surface area contributed by atoms with Crippen molar-refractivity contribution in [2.24, 2.45) is 5.73 Å². The van der Waals surface area contributed by atoms with Crippen molar-refractivity contribution in [1.82, 2.24) is 24.0 Å². The van der Waals surface area contributed by atoms with E-state index < -0.39 is 63.4 Å². The van der Waals surface area contributed by atoms with Crippen LogP contribution in [0.3, 0.4) is 0 Å². The molecule has 0 bridgehead atoms. The molecule has 16 heteroatoms. The van der Waals surface area contributed by atoms with Gasteiger partial charge >= 0.3 is 0 Å². The number of primary amides is 1. The van der Waals surface area contributed by atoms with E-state index in [1.807, 2.05) is 18.9 Å². The molecule has 0 saturated carbocycles. The fourth-order valence-electron chi connectivity index (χ4n) is 6.00. The Morgan fingerprint density at radius 1 is 1.13 bits per heavy atom. The zero-order valence-electron chi connectivity index (χ0n) is 24.2. The molecule has 1 fully saturated rings. The molecule has 2 aliphatic heterocycles. The molecule has 0 unspecified atom stereocenters. The number of nitrogens with zero attached hydrogens (tertiary/aromatic N) is 6. The molecule has 2 aliphatic rings. The lowest BCUT2D eigenvalue weighted by Gasteiger charge is -2.39.